The monoisotopic (exact) mass is 382 g/mol. The van der Waals surface area contributed by atoms with Crippen molar-refractivity contribution in [2.24, 2.45) is 0 Å². The third-order valence-electron chi connectivity index (χ3n) is 3.90. The zero-order chi connectivity index (χ0) is 17.1. The molecular weight excluding hydrogens is 368 g/mol. The van der Waals surface area contributed by atoms with Crippen LogP contribution in [0.25, 0.3) is 10.9 Å². The van der Waals surface area contributed by atoms with E-state index in [-0.39, 0.29) is 12.2 Å². The number of rotatable bonds is 5. The lowest BCUT2D eigenvalue weighted by Crippen LogP contribution is -2.10. The average molecular weight is 383 g/mol. The molecule has 120 valence electrons. The second-order valence-corrected chi connectivity index (χ2v) is 6.25. The molecule has 0 N–H and O–H groups in total. The molecule has 3 aromatic rings. The first-order valence-corrected chi connectivity index (χ1v) is 8.24. The van der Waals surface area contributed by atoms with Gasteiger partial charge in [-0.25, -0.2) is 0 Å². The minimum atomic E-state index is -0.172. The Morgan fingerprint density at radius 3 is 2.67 bits per heavy atom. The van der Waals surface area contributed by atoms with Crippen LogP contribution in [0, 0.1) is 11.3 Å². The van der Waals surface area contributed by atoms with Crippen LogP contribution in [0.2, 0.25) is 0 Å². The van der Waals surface area contributed by atoms with E-state index in [9.17, 15) is 4.79 Å². The van der Waals surface area contributed by atoms with Gasteiger partial charge in [0.25, 0.3) is 0 Å². The Morgan fingerprint density at radius 2 is 2.00 bits per heavy atom. The van der Waals surface area contributed by atoms with E-state index in [0.717, 1.165) is 26.7 Å². The lowest BCUT2D eigenvalue weighted by atomic mass is 10.2. The van der Waals surface area contributed by atoms with E-state index in [2.05, 4.69) is 15.9 Å². The number of nitriles is 1. The number of carbonyl (C=O) groups is 1. The fraction of sp³-hybridized carbons (Fsp3) is 0.158. The maximum absolute atomic E-state index is 12.4. The standard InChI is InChI=1S/C19H15BrN2O2/c1-24-15-7-5-13(6-8-15)12-22-17(18(23)9-10-21)11-14-3-2-4-16(20)19(14)22/h2-8,11H,9,12H2,1H3. The van der Waals surface area contributed by atoms with Gasteiger partial charge in [0.1, 0.15) is 12.2 Å². The Bertz CT molecular complexity index is 936. The third-order valence-corrected chi connectivity index (χ3v) is 4.54. The normalized spacial score (nSPS) is 10.5. The van der Waals surface area contributed by atoms with E-state index in [1.165, 1.54) is 0 Å². The van der Waals surface area contributed by atoms with Gasteiger partial charge < -0.3 is 9.30 Å². The summed E-state index contributed by atoms with van der Waals surface area (Å²) in [5.41, 5.74) is 2.55. The number of Topliss-reactive ketones (excluding diaryl/α,β-unsaturated/α-hetero) is 1. The molecule has 0 bridgehead atoms. The first-order valence-electron chi connectivity index (χ1n) is 7.45. The van der Waals surface area contributed by atoms with Crippen LogP contribution in [0.4, 0.5) is 0 Å². The summed E-state index contributed by atoms with van der Waals surface area (Å²) in [5, 5.41) is 9.83. The molecule has 0 amide bonds. The van der Waals surface area contributed by atoms with Gasteiger partial charge in [-0.2, -0.15) is 5.26 Å². The van der Waals surface area contributed by atoms with E-state index < -0.39 is 0 Å². The first kappa shape index (κ1) is 16.3. The van der Waals surface area contributed by atoms with Crippen molar-refractivity contribution < 1.29 is 9.53 Å². The van der Waals surface area contributed by atoms with Crippen molar-refractivity contribution in [1.82, 2.24) is 4.57 Å². The summed E-state index contributed by atoms with van der Waals surface area (Å²) in [5.74, 6) is 0.618. The molecule has 2 aromatic carbocycles. The molecule has 0 radical (unpaired) electrons. The van der Waals surface area contributed by atoms with Gasteiger partial charge in [-0.05, 0) is 45.8 Å². The smallest absolute Gasteiger partial charge is 0.193 e. The number of benzene rings is 2. The van der Waals surface area contributed by atoms with Gasteiger partial charge in [0, 0.05) is 16.4 Å². The largest absolute Gasteiger partial charge is 0.497 e. The molecule has 0 aliphatic carbocycles. The number of para-hydroxylation sites is 1. The fourth-order valence-corrected chi connectivity index (χ4v) is 3.35. The minimum absolute atomic E-state index is 0.128. The second kappa shape index (κ2) is 6.90. The minimum Gasteiger partial charge on any atom is -0.497 e. The van der Waals surface area contributed by atoms with E-state index in [4.69, 9.17) is 10.00 Å². The molecule has 0 atom stereocenters. The van der Waals surface area contributed by atoms with Crippen LogP contribution in [0.15, 0.2) is 53.0 Å². The van der Waals surface area contributed by atoms with Gasteiger partial charge in [-0.3, -0.25) is 4.79 Å². The van der Waals surface area contributed by atoms with Gasteiger partial charge in [0.2, 0.25) is 0 Å². The van der Waals surface area contributed by atoms with Crippen LogP contribution in [0.3, 0.4) is 0 Å². The van der Waals surface area contributed by atoms with Gasteiger partial charge in [-0.15, -0.1) is 0 Å². The van der Waals surface area contributed by atoms with Gasteiger partial charge in [-0.1, -0.05) is 24.3 Å². The van der Waals surface area contributed by atoms with Gasteiger partial charge >= 0.3 is 0 Å². The number of aromatic nitrogens is 1. The van der Waals surface area contributed by atoms with Crippen molar-refractivity contribution in [3.63, 3.8) is 0 Å². The molecule has 0 aliphatic heterocycles. The lowest BCUT2D eigenvalue weighted by molar-refractivity contribution is 0.0990. The molecule has 24 heavy (non-hydrogen) atoms. The van der Waals surface area contributed by atoms with Crippen molar-refractivity contribution in [2.45, 2.75) is 13.0 Å². The topological polar surface area (TPSA) is 55.0 Å². The molecular formula is C19H15BrN2O2. The number of nitrogens with zero attached hydrogens (tertiary/aromatic N) is 2. The van der Waals surface area contributed by atoms with Crippen molar-refractivity contribution in [3.05, 3.63) is 64.3 Å². The Kier molecular flexibility index (Phi) is 4.68. The molecule has 0 saturated carbocycles. The van der Waals surface area contributed by atoms with E-state index in [0.29, 0.717) is 12.2 Å². The summed E-state index contributed by atoms with van der Waals surface area (Å²) in [6.45, 7) is 0.544. The summed E-state index contributed by atoms with van der Waals surface area (Å²) in [6.07, 6.45) is -0.128. The Morgan fingerprint density at radius 1 is 1.25 bits per heavy atom. The van der Waals surface area contributed by atoms with Crippen molar-refractivity contribution >= 4 is 32.6 Å². The Balaban J connectivity index is 2.11. The van der Waals surface area contributed by atoms with E-state index in [1.807, 2.05) is 59.2 Å². The number of hydrogen-bond acceptors (Lipinski definition) is 3. The van der Waals surface area contributed by atoms with Crippen LogP contribution in [0.1, 0.15) is 22.5 Å². The molecule has 3 rings (SSSR count). The van der Waals surface area contributed by atoms with Crippen LogP contribution >= 0.6 is 15.9 Å². The Hall–Kier alpha value is -2.58. The maximum atomic E-state index is 12.4. The first-order chi connectivity index (χ1) is 11.6. The highest BCUT2D eigenvalue weighted by atomic mass is 79.9. The third kappa shape index (κ3) is 3.06. The zero-order valence-electron chi connectivity index (χ0n) is 13.1. The predicted octanol–water partition coefficient (Wildman–Crippen LogP) is 4.56. The van der Waals surface area contributed by atoms with Crippen LogP contribution < -0.4 is 4.74 Å². The van der Waals surface area contributed by atoms with Crippen LogP contribution in [-0.4, -0.2) is 17.5 Å². The summed E-state index contributed by atoms with van der Waals surface area (Å²) < 4.78 is 8.06. The molecule has 0 unspecified atom stereocenters. The number of ketones is 1. The number of halogens is 1. The van der Waals surface area contributed by atoms with Crippen LogP contribution in [0.5, 0.6) is 5.75 Å². The highest BCUT2D eigenvalue weighted by molar-refractivity contribution is 9.10. The Labute approximate surface area is 148 Å². The number of ether oxygens (including phenoxy) is 1. The molecule has 5 heteroatoms. The molecule has 0 aliphatic rings. The summed E-state index contributed by atoms with van der Waals surface area (Å²) in [4.78, 5) is 12.4. The quantitative estimate of drug-likeness (QED) is 0.607. The number of fused-ring (bicyclic) bond motifs is 1. The highest BCUT2D eigenvalue weighted by Gasteiger charge is 2.17. The molecule has 1 aromatic heterocycles. The molecule has 0 fully saturated rings. The summed E-state index contributed by atoms with van der Waals surface area (Å²) in [6, 6.07) is 17.4. The van der Waals surface area contributed by atoms with E-state index in [1.54, 1.807) is 7.11 Å². The van der Waals surface area contributed by atoms with E-state index >= 15 is 0 Å². The van der Waals surface area contributed by atoms with Gasteiger partial charge in [0.05, 0.1) is 24.4 Å². The fourth-order valence-electron chi connectivity index (χ4n) is 2.75. The van der Waals surface area contributed by atoms with Crippen molar-refractivity contribution in [2.75, 3.05) is 7.11 Å². The van der Waals surface area contributed by atoms with Crippen molar-refractivity contribution in [3.8, 4) is 11.8 Å². The SMILES string of the molecule is COc1ccc(Cn2c(C(=O)CC#N)cc3cccc(Br)c32)cc1. The zero-order valence-corrected chi connectivity index (χ0v) is 14.7. The van der Waals surface area contributed by atoms with Crippen LogP contribution in [-0.2, 0) is 6.54 Å². The maximum Gasteiger partial charge on any atom is 0.193 e. The number of hydrogen-bond donors (Lipinski definition) is 0. The summed E-state index contributed by atoms with van der Waals surface area (Å²) in [7, 11) is 1.63. The second-order valence-electron chi connectivity index (χ2n) is 5.40. The highest BCUT2D eigenvalue weighted by Crippen LogP contribution is 2.29. The number of carbonyl (C=O) groups excluding carboxylic acids is 1. The van der Waals surface area contributed by atoms with Crippen molar-refractivity contribution in [1.29, 1.82) is 5.26 Å². The molecule has 0 spiro atoms. The molecule has 0 saturated heterocycles. The average Bonchev–Trinajstić information content (AvgIpc) is 2.96. The van der Waals surface area contributed by atoms with Gasteiger partial charge in [0.15, 0.2) is 5.78 Å². The molecule has 4 nitrogen and oxygen atoms in total. The summed E-state index contributed by atoms with van der Waals surface area (Å²) >= 11 is 3.57. The predicted molar refractivity (Wildman–Crippen MR) is 96.3 cm³/mol. The number of methoxy groups -OCH3 is 1. The molecule has 1 heterocycles. The lowest BCUT2D eigenvalue weighted by Gasteiger charge is -2.11.